The van der Waals surface area contributed by atoms with Crippen molar-refractivity contribution in [3.8, 4) is 5.75 Å². The van der Waals surface area contributed by atoms with E-state index in [1.54, 1.807) is 6.92 Å². The van der Waals surface area contributed by atoms with Crippen molar-refractivity contribution in [2.45, 2.75) is 25.9 Å². The summed E-state index contributed by atoms with van der Waals surface area (Å²) < 4.78 is 42.0. The van der Waals surface area contributed by atoms with Crippen molar-refractivity contribution in [1.82, 2.24) is 0 Å². The molecule has 1 N–H and O–H groups in total. The second kappa shape index (κ2) is 5.75. The SMILES string of the molecule is CCOC(=O)CCc1cc(C(F)(F)F)ccc1O. The molecule has 0 unspecified atom stereocenters. The highest BCUT2D eigenvalue weighted by molar-refractivity contribution is 5.69. The Morgan fingerprint density at radius 2 is 2.06 bits per heavy atom. The van der Waals surface area contributed by atoms with Gasteiger partial charge < -0.3 is 9.84 Å². The second-order valence-electron chi connectivity index (χ2n) is 3.65. The molecule has 0 bridgehead atoms. The van der Waals surface area contributed by atoms with Crippen LogP contribution in [-0.4, -0.2) is 17.7 Å². The highest BCUT2D eigenvalue weighted by atomic mass is 19.4. The summed E-state index contributed by atoms with van der Waals surface area (Å²) in [5, 5.41) is 9.42. The normalized spacial score (nSPS) is 11.3. The minimum absolute atomic E-state index is 0.00852. The Balaban J connectivity index is 2.79. The van der Waals surface area contributed by atoms with Gasteiger partial charge in [0.05, 0.1) is 12.2 Å². The van der Waals surface area contributed by atoms with Crippen molar-refractivity contribution in [2.75, 3.05) is 6.61 Å². The van der Waals surface area contributed by atoms with Crippen LogP contribution in [0.4, 0.5) is 13.2 Å². The molecule has 18 heavy (non-hydrogen) atoms. The predicted octanol–water partition coefficient (Wildman–Crippen LogP) is 2.91. The Morgan fingerprint density at radius 3 is 2.61 bits per heavy atom. The van der Waals surface area contributed by atoms with Gasteiger partial charge in [-0.3, -0.25) is 4.79 Å². The zero-order valence-corrected chi connectivity index (χ0v) is 9.75. The number of carbonyl (C=O) groups excluding carboxylic acids is 1. The van der Waals surface area contributed by atoms with Crippen LogP contribution in [0.25, 0.3) is 0 Å². The minimum atomic E-state index is -4.47. The van der Waals surface area contributed by atoms with E-state index in [0.29, 0.717) is 0 Å². The molecule has 0 spiro atoms. The van der Waals surface area contributed by atoms with E-state index in [9.17, 15) is 23.1 Å². The molecular weight excluding hydrogens is 249 g/mol. The summed E-state index contributed by atoms with van der Waals surface area (Å²) in [6.07, 6.45) is -4.52. The van der Waals surface area contributed by atoms with E-state index in [1.165, 1.54) is 0 Å². The number of halogens is 3. The van der Waals surface area contributed by atoms with Gasteiger partial charge in [0.2, 0.25) is 0 Å². The Bertz CT molecular complexity index is 427. The number of carbonyl (C=O) groups is 1. The molecule has 0 aliphatic rings. The van der Waals surface area contributed by atoms with Crippen LogP contribution in [-0.2, 0) is 22.1 Å². The van der Waals surface area contributed by atoms with Gasteiger partial charge in [-0.1, -0.05) is 0 Å². The van der Waals surface area contributed by atoms with Gasteiger partial charge in [-0.15, -0.1) is 0 Å². The average molecular weight is 262 g/mol. The first-order valence-corrected chi connectivity index (χ1v) is 5.39. The number of esters is 1. The Labute approximate surface area is 102 Å². The van der Waals surface area contributed by atoms with Crippen LogP contribution in [0.5, 0.6) is 5.75 Å². The number of rotatable bonds is 4. The maximum absolute atomic E-state index is 12.4. The standard InChI is InChI=1S/C12H13F3O3/c1-2-18-11(17)6-3-8-7-9(12(13,14)15)4-5-10(8)16/h4-5,7,16H,2-3,6H2,1H3. The van der Waals surface area contributed by atoms with Crippen LogP contribution in [0.3, 0.4) is 0 Å². The molecule has 0 aromatic heterocycles. The number of ether oxygens (including phenoxy) is 1. The summed E-state index contributed by atoms with van der Waals surface area (Å²) in [5.41, 5.74) is -0.767. The van der Waals surface area contributed by atoms with Crippen LogP contribution >= 0.6 is 0 Å². The molecule has 0 amide bonds. The summed E-state index contributed by atoms with van der Waals surface area (Å²) in [6, 6.07) is 2.61. The van der Waals surface area contributed by atoms with Crippen molar-refractivity contribution >= 4 is 5.97 Å². The third-order valence-electron chi connectivity index (χ3n) is 2.31. The van der Waals surface area contributed by atoms with E-state index in [0.717, 1.165) is 18.2 Å². The zero-order chi connectivity index (χ0) is 13.8. The number of phenolic OH excluding ortho intramolecular Hbond substituents is 1. The van der Waals surface area contributed by atoms with Crippen LogP contribution in [0.1, 0.15) is 24.5 Å². The van der Waals surface area contributed by atoms with Gasteiger partial charge >= 0.3 is 12.1 Å². The molecule has 100 valence electrons. The van der Waals surface area contributed by atoms with E-state index in [4.69, 9.17) is 0 Å². The number of hydrogen-bond donors (Lipinski definition) is 1. The molecule has 3 nitrogen and oxygen atoms in total. The van der Waals surface area contributed by atoms with Crippen molar-refractivity contribution in [1.29, 1.82) is 0 Å². The molecule has 0 heterocycles. The maximum Gasteiger partial charge on any atom is 0.416 e. The van der Waals surface area contributed by atoms with Crippen molar-refractivity contribution in [3.05, 3.63) is 29.3 Å². The summed E-state index contributed by atoms with van der Waals surface area (Å²) in [7, 11) is 0. The average Bonchev–Trinajstić information content (AvgIpc) is 2.26. The molecular formula is C12H13F3O3. The Hall–Kier alpha value is -1.72. The first-order chi connectivity index (χ1) is 8.34. The molecule has 1 aromatic rings. The lowest BCUT2D eigenvalue weighted by Gasteiger charge is -2.10. The number of alkyl halides is 3. The summed E-state index contributed by atoms with van der Waals surface area (Å²) in [5.74, 6) is -0.762. The summed E-state index contributed by atoms with van der Waals surface area (Å²) >= 11 is 0. The smallest absolute Gasteiger partial charge is 0.416 e. The third kappa shape index (κ3) is 3.94. The molecule has 0 radical (unpaired) electrons. The van der Waals surface area contributed by atoms with E-state index in [2.05, 4.69) is 4.74 Å². The fraction of sp³-hybridized carbons (Fsp3) is 0.417. The van der Waals surface area contributed by atoms with Crippen molar-refractivity contribution in [3.63, 3.8) is 0 Å². The monoisotopic (exact) mass is 262 g/mol. The first kappa shape index (κ1) is 14.3. The van der Waals surface area contributed by atoms with Crippen LogP contribution < -0.4 is 0 Å². The largest absolute Gasteiger partial charge is 0.508 e. The maximum atomic E-state index is 12.4. The highest BCUT2D eigenvalue weighted by Gasteiger charge is 2.30. The van der Waals surface area contributed by atoms with Gasteiger partial charge in [0.15, 0.2) is 0 Å². The van der Waals surface area contributed by atoms with Crippen LogP contribution in [0, 0.1) is 0 Å². The molecule has 0 aliphatic carbocycles. The lowest BCUT2D eigenvalue weighted by molar-refractivity contribution is -0.143. The molecule has 0 saturated heterocycles. The quantitative estimate of drug-likeness (QED) is 0.849. The fourth-order valence-corrected chi connectivity index (χ4v) is 1.43. The minimum Gasteiger partial charge on any atom is -0.508 e. The molecule has 1 aromatic carbocycles. The molecule has 0 fully saturated rings. The second-order valence-corrected chi connectivity index (χ2v) is 3.65. The fourth-order valence-electron chi connectivity index (χ4n) is 1.43. The van der Waals surface area contributed by atoms with Gasteiger partial charge in [0, 0.05) is 6.42 Å². The number of aryl methyl sites for hydroxylation is 1. The van der Waals surface area contributed by atoms with Gasteiger partial charge in [0.1, 0.15) is 5.75 Å². The topological polar surface area (TPSA) is 46.5 Å². The molecule has 0 saturated carbocycles. The Kier molecular flexibility index (Phi) is 4.58. The number of phenols is 1. The van der Waals surface area contributed by atoms with E-state index < -0.39 is 17.7 Å². The van der Waals surface area contributed by atoms with Crippen molar-refractivity contribution < 1.29 is 27.8 Å². The number of hydrogen-bond acceptors (Lipinski definition) is 3. The van der Waals surface area contributed by atoms with Gasteiger partial charge in [-0.05, 0) is 37.1 Å². The van der Waals surface area contributed by atoms with Crippen LogP contribution in [0.2, 0.25) is 0 Å². The van der Waals surface area contributed by atoms with Gasteiger partial charge in [-0.2, -0.15) is 13.2 Å². The zero-order valence-electron chi connectivity index (χ0n) is 9.75. The molecule has 0 aliphatic heterocycles. The van der Waals surface area contributed by atoms with E-state index in [1.807, 2.05) is 0 Å². The number of aromatic hydroxyl groups is 1. The van der Waals surface area contributed by atoms with Crippen molar-refractivity contribution in [2.24, 2.45) is 0 Å². The third-order valence-corrected chi connectivity index (χ3v) is 2.31. The van der Waals surface area contributed by atoms with Crippen LogP contribution in [0.15, 0.2) is 18.2 Å². The van der Waals surface area contributed by atoms with Gasteiger partial charge in [0.25, 0.3) is 0 Å². The van der Waals surface area contributed by atoms with Gasteiger partial charge in [-0.25, -0.2) is 0 Å². The first-order valence-electron chi connectivity index (χ1n) is 5.39. The highest BCUT2D eigenvalue weighted by Crippen LogP contribution is 2.32. The predicted molar refractivity (Wildman–Crippen MR) is 58.1 cm³/mol. The number of benzene rings is 1. The lowest BCUT2D eigenvalue weighted by atomic mass is 10.0. The molecule has 1 rings (SSSR count). The van der Waals surface area contributed by atoms with E-state index >= 15 is 0 Å². The summed E-state index contributed by atoms with van der Waals surface area (Å²) in [6.45, 7) is 1.85. The Morgan fingerprint density at radius 1 is 1.39 bits per heavy atom. The van der Waals surface area contributed by atoms with E-state index in [-0.39, 0.29) is 30.8 Å². The molecule has 6 heteroatoms. The molecule has 0 atom stereocenters. The summed E-state index contributed by atoms with van der Waals surface area (Å²) in [4.78, 5) is 11.1. The lowest BCUT2D eigenvalue weighted by Crippen LogP contribution is -2.08.